The summed E-state index contributed by atoms with van der Waals surface area (Å²) < 4.78 is 2.02. The topological polar surface area (TPSA) is 30.7 Å². The summed E-state index contributed by atoms with van der Waals surface area (Å²) in [5.74, 6) is 1.55. The molecule has 2 rings (SSSR count). The molecule has 1 aromatic carbocycles. The lowest BCUT2D eigenvalue weighted by Gasteiger charge is -2.18. The molecule has 0 aliphatic rings. The molecule has 1 heterocycles. The van der Waals surface area contributed by atoms with Crippen LogP contribution in [-0.2, 0) is 13.0 Å². The Morgan fingerprint density at radius 1 is 1.26 bits per heavy atom. The summed E-state index contributed by atoms with van der Waals surface area (Å²) in [6.07, 6.45) is 3.68. The Hall–Kier alpha value is -1.16. The molecule has 2 atom stereocenters. The molecule has 0 saturated heterocycles. The highest BCUT2D eigenvalue weighted by Gasteiger charge is 2.18. The molecular formula is C15H20BrN3. The van der Waals surface area contributed by atoms with Crippen molar-refractivity contribution in [3.8, 4) is 0 Å². The molecule has 0 aliphatic carbocycles. The zero-order valence-electron chi connectivity index (χ0n) is 11.5. The van der Waals surface area contributed by atoms with E-state index in [0.717, 1.165) is 25.2 Å². The SMILES string of the molecule is CCCn1ncnc1CC(C)C(Br)c1ccccc1. The van der Waals surface area contributed by atoms with Gasteiger partial charge in [-0.1, -0.05) is 60.1 Å². The van der Waals surface area contributed by atoms with Crippen molar-refractivity contribution >= 4 is 15.9 Å². The van der Waals surface area contributed by atoms with E-state index in [9.17, 15) is 0 Å². The second-order valence-electron chi connectivity index (χ2n) is 4.89. The number of nitrogens with zero attached hydrogens (tertiary/aromatic N) is 3. The molecule has 0 N–H and O–H groups in total. The first kappa shape index (κ1) is 14.3. The predicted molar refractivity (Wildman–Crippen MR) is 81.3 cm³/mol. The second-order valence-corrected chi connectivity index (χ2v) is 5.88. The molecule has 0 spiro atoms. The van der Waals surface area contributed by atoms with Crippen LogP contribution in [0.15, 0.2) is 36.7 Å². The van der Waals surface area contributed by atoms with E-state index in [0.29, 0.717) is 10.7 Å². The summed E-state index contributed by atoms with van der Waals surface area (Å²) in [4.78, 5) is 4.73. The minimum absolute atomic E-state index is 0.348. The van der Waals surface area contributed by atoms with Gasteiger partial charge in [0.25, 0.3) is 0 Å². The van der Waals surface area contributed by atoms with Crippen molar-refractivity contribution in [3.63, 3.8) is 0 Å². The Labute approximate surface area is 123 Å². The van der Waals surface area contributed by atoms with Crippen LogP contribution in [0.4, 0.5) is 0 Å². The van der Waals surface area contributed by atoms with Gasteiger partial charge in [-0.3, -0.25) is 4.68 Å². The van der Waals surface area contributed by atoms with Gasteiger partial charge < -0.3 is 0 Å². The molecule has 3 nitrogen and oxygen atoms in total. The zero-order valence-corrected chi connectivity index (χ0v) is 13.0. The van der Waals surface area contributed by atoms with E-state index in [1.807, 2.05) is 10.7 Å². The summed E-state index contributed by atoms with van der Waals surface area (Å²) in [7, 11) is 0. The summed E-state index contributed by atoms with van der Waals surface area (Å²) in [5.41, 5.74) is 1.32. The molecule has 2 aromatic rings. The number of halogens is 1. The van der Waals surface area contributed by atoms with Gasteiger partial charge in [-0.05, 0) is 17.9 Å². The number of hydrogen-bond donors (Lipinski definition) is 0. The highest BCUT2D eigenvalue weighted by atomic mass is 79.9. The maximum Gasteiger partial charge on any atom is 0.138 e. The number of hydrogen-bond acceptors (Lipinski definition) is 2. The van der Waals surface area contributed by atoms with Gasteiger partial charge >= 0.3 is 0 Å². The van der Waals surface area contributed by atoms with E-state index >= 15 is 0 Å². The van der Waals surface area contributed by atoms with E-state index in [2.05, 4.69) is 64.1 Å². The predicted octanol–water partition coefficient (Wildman–Crippen LogP) is 4.00. The van der Waals surface area contributed by atoms with Crippen LogP contribution in [0, 0.1) is 5.92 Å². The first-order valence-corrected chi connectivity index (χ1v) is 7.69. The van der Waals surface area contributed by atoms with Gasteiger partial charge in [0.2, 0.25) is 0 Å². The standard InChI is InChI=1S/C15H20BrN3/c1-3-9-19-14(17-11-18-19)10-12(2)15(16)13-7-5-4-6-8-13/h4-8,11-12,15H,3,9-10H2,1-2H3. The zero-order chi connectivity index (χ0) is 13.7. The lowest BCUT2D eigenvalue weighted by molar-refractivity contribution is 0.503. The van der Waals surface area contributed by atoms with E-state index in [4.69, 9.17) is 0 Å². The molecule has 0 amide bonds. The lowest BCUT2D eigenvalue weighted by Crippen LogP contribution is -2.13. The van der Waals surface area contributed by atoms with Crippen molar-refractivity contribution in [1.82, 2.24) is 14.8 Å². The van der Waals surface area contributed by atoms with Gasteiger partial charge in [-0.15, -0.1) is 0 Å². The van der Waals surface area contributed by atoms with Crippen LogP contribution in [0.5, 0.6) is 0 Å². The van der Waals surface area contributed by atoms with Crippen molar-refractivity contribution < 1.29 is 0 Å². The fourth-order valence-electron chi connectivity index (χ4n) is 2.20. The molecule has 4 heteroatoms. The number of aromatic nitrogens is 3. The van der Waals surface area contributed by atoms with Crippen molar-refractivity contribution in [1.29, 1.82) is 0 Å². The minimum atomic E-state index is 0.348. The first-order valence-electron chi connectivity index (χ1n) is 6.78. The number of alkyl halides is 1. The fraction of sp³-hybridized carbons (Fsp3) is 0.467. The van der Waals surface area contributed by atoms with E-state index < -0.39 is 0 Å². The van der Waals surface area contributed by atoms with Crippen LogP contribution >= 0.6 is 15.9 Å². The molecule has 0 aliphatic heterocycles. The smallest absolute Gasteiger partial charge is 0.138 e. The summed E-state index contributed by atoms with van der Waals surface area (Å²) in [6.45, 7) is 5.35. The Bertz CT molecular complexity index is 495. The van der Waals surface area contributed by atoms with Crippen LogP contribution in [0.25, 0.3) is 0 Å². The highest BCUT2D eigenvalue weighted by Crippen LogP contribution is 2.32. The number of benzene rings is 1. The maximum absolute atomic E-state index is 4.38. The summed E-state index contributed by atoms with van der Waals surface area (Å²) >= 11 is 3.80. The Morgan fingerprint density at radius 2 is 2.00 bits per heavy atom. The quantitative estimate of drug-likeness (QED) is 0.753. The Morgan fingerprint density at radius 3 is 2.68 bits per heavy atom. The first-order chi connectivity index (χ1) is 9.22. The molecule has 0 fully saturated rings. The van der Waals surface area contributed by atoms with Gasteiger partial charge in [0, 0.05) is 17.8 Å². The molecule has 0 saturated carbocycles. The highest BCUT2D eigenvalue weighted by molar-refractivity contribution is 9.09. The third-order valence-corrected chi connectivity index (χ3v) is 4.68. The van der Waals surface area contributed by atoms with Crippen LogP contribution in [-0.4, -0.2) is 14.8 Å². The van der Waals surface area contributed by atoms with Gasteiger partial charge in [0.15, 0.2) is 0 Å². The van der Waals surface area contributed by atoms with Crippen molar-refractivity contribution in [2.24, 2.45) is 5.92 Å². The average Bonchev–Trinajstić information content (AvgIpc) is 2.86. The number of aryl methyl sites for hydroxylation is 1. The monoisotopic (exact) mass is 321 g/mol. The third kappa shape index (κ3) is 3.66. The van der Waals surface area contributed by atoms with Gasteiger partial charge in [0.05, 0.1) is 0 Å². The van der Waals surface area contributed by atoms with Crippen molar-refractivity contribution in [2.45, 2.75) is 38.1 Å². The molecule has 0 bridgehead atoms. The van der Waals surface area contributed by atoms with Crippen LogP contribution in [0.2, 0.25) is 0 Å². The molecule has 2 unspecified atom stereocenters. The van der Waals surface area contributed by atoms with Crippen molar-refractivity contribution in [2.75, 3.05) is 0 Å². The van der Waals surface area contributed by atoms with Crippen molar-refractivity contribution in [3.05, 3.63) is 48.0 Å². The van der Waals surface area contributed by atoms with Gasteiger partial charge in [0.1, 0.15) is 12.2 Å². The van der Waals surface area contributed by atoms with E-state index in [-0.39, 0.29) is 0 Å². The minimum Gasteiger partial charge on any atom is -0.250 e. The average molecular weight is 322 g/mol. The molecule has 102 valence electrons. The van der Waals surface area contributed by atoms with Crippen LogP contribution < -0.4 is 0 Å². The summed E-state index contributed by atoms with van der Waals surface area (Å²) in [6, 6.07) is 10.5. The molecule has 19 heavy (non-hydrogen) atoms. The third-order valence-electron chi connectivity index (χ3n) is 3.25. The van der Waals surface area contributed by atoms with E-state index in [1.54, 1.807) is 6.33 Å². The van der Waals surface area contributed by atoms with Crippen LogP contribution in [0.1, 0.15) is 36.5 Å². The fourth-order valence-corrected chi connectivity index (χ4v) is 2.69. The van der Waals surface area contributed by atoms with E-state index in [1.165, 1.54) is 5.56 Å². The molecule has 0 radical (unpaired) electrons. The molecule has 1 aromatic heterocycles. The molecular weight excluding hydrogens is 302 g/mol. The van der Waals surface area contributed by atoms with Gasteiger partial charge in [-0.25, -0.2) is 4.98 Å². The second kappa shape index (κ2) is 6.85. The largest absolute Gasteiger partial charge is 0.250 e. The Kier molecular flexibility index (Phi) is 5.14. The summed E-state index contributed by atoms with van der Waals surface area (Å²) in [5, 5.41) is 4.28. The maximum atomic E-state index is 4.38. The van der Waals surface area contributed by atoms with Crippen LogP contribution in [0.3, 0.4) is 0 Å². The normalized spacial score (nSPS) is 14.3. The lowest BCUT2D eigenvalue weighted by atomic mass is 9.97. The van der Waals surface area contributed by atoms with Gasteiger partial charge in [-0.2, -0.15) is 5.10 Å². The number of rotatable bonds is 6. The Balaban J connectivity index is 2.04.